The summed E-state index contributed by atoms with van der Waals surface area (Å²) in [6.07, 6.45) is 15.0. The van der Waals surface area contributed by atoms with E-state index in [9.17, 15) is 15.0 Å². The molecule has 2 N–H and O–H groups in total. The number of hydrogen-bond acceptors (Lipinski definition) is 7. The van der Waals surface area contributed by atoms with E-state index in [1.54, 1.807) is 0 Å². The minimum absolute atomic E-state index is 0.222. The molecule has 6 rings (SSSR count). The van der Waals surface area contributed by atoms with Crippen molar-refractivity contribution in [1.29, 1.82) is 0 Å². The van der Waals surface area contributed by atoms with E-state index >= 15 is 0 Å². The van der Waals surface area contributed by atoms with E-state index in [0.29, 0.717) is 42.0 Å². The third kappa shape index (κ3) is 6.55. The lowest BCUT2D eigenvalue weighted by atomic mass is 9.60. The molecule has 0 amide bonds. The number of aliphatic hydroxyl groups excluding tert-OH is 2. The van der Waals surface area contributed by atoms with Gasteiger partial charge in [-0.2, -0.15) is 4.98 Å². The van der Waals surface area contributed by atoms with Crippen LogP contribution in [0.25, 0.3) is 0 Å². The molecule has 1 aromatic heterocycles. The van der Waals surface area contributed by atoms with Crippen LogP contribution in [-0.4, -0.2) is 44.6 Å². The summed E-state index contributed by atoms with van der Waals surface area (Å²) in [5.74, 6) is 2.66. The number of fused-ring (bicyclic) bond motifs is 1. The number of rotatable bonds is 11. The van der Waals surface area contributed by atoms with Crippen molar-refractivity contribution >= 4 is 5.97 Å². The zero-order valence-electron chi connectivity index (χ0n) is 27.9. The smallest absolute Gasteiger partial charge is 0.338 e. The lowest BCUT2D eigenvalue weighted by Crippen LogP contribution is -2.37. The maximum Gasteiger partial charge on any atom is 0.338 e. The normalized spacial score (nSPS) is 31.9. The Labute approximate surface area is 274 Å². The van der Waals surface area contributed by atoms with Crippen LogP contribution >= 0.6 is 0 Å². The summed E-state index contributed by atoms with van der Waals surface area (Å²) >= 11 is 0. The lowest BCUT2D eigenvalue weighted by molar-refractivity contribution is 0.00902. The van der Waals surface area contributed by atoms with Crippen LogP contribution in [0.1, 0.15) is 120 Å². The van der Waals surface area contributed by atoms with Crippen LogP contribution in [0.5, 0.6) is 0 Å². The summed E-state index contributed by atoms with van der Waals surface area (Å²) in [6, 6.07) is 9.27. The summed E-state index contributed by atoms with van der Waals surface area (Å²) in [7, 11) is 0. The zero-order chi connectivity index (χ0) is 32.5. The molecule has 0 aliphatic heterocycles. The third-order valence-electron chi connectivity index (χ3n) is 11.9. The van der Waals surface area contributed by atoms with Gasteiger partial charge in [0.15, 0.2) is 5.82 Å². The van der Waals surface area contributed by atoms with Gasteiger partial charge in [0.1, 0.15) is 6.10 Å². The molecule has 7 nitrogen and oxygen atoms in total. The van der Waals surface area contributed by atoms with Gasteiger partial charge < -0.3 is 19.5 Å². The van der Waals surface area contributed by atoms with Crippen LogP contribution in [0.15, 0.2) is 70.3 Å². The van der Waals surface area contributed by atoms with Crippen LogP contribution < -0.4 is 0 Å². The number of esters is 1. The van der Waals surface area contributed by atoms with E-state index in [0.717, 1.165) is 61.9 Å². The standard InChI is InChI=1S/C39H52N2O5/c1-5-10-35-40-37(46-41-35)39(21-22-39)34(45-36(44)28-11-7-6-8-12-28)19-14-25(2)31-17-18-32-27(13-9-20-38(31,32)4)15-16-29-23-30(42)24-33(43)26(29)3/h6-8,11-12,15-16,25,30-34,42-43H,3,5,9-10,13-14,17-24H2,1-2,4H3/t25-,30-,31-,32+,33+,34-,38-/m1/s1. The average molecular weight is 629 g/mol. The highest BCUT2D eigenvalue weighted by Gasteiger charge is 2.58. The van der Waals surface area contributed by atoms with Crippen LogP contribution in [0.2, 0.25) is 0 Å². The van der Waals surface area contributed by atoms with Crippen molar-refractivity contribution in [3.63, 3.8) is 0 Å². The maximum absolute atomic E-state index is 13.3. The number of carbonyl (C=O) groups excluding carboxylic acids is 1. The number of carbonyl (C=O) groups is 1. The summed E-state index contributed by atoms with van der Waals surface area (Å²) in [5.41, 5.74) is 3.61. The number of aryl methyl sites for hydroxylation is 1. The largest absolute Gasteiger partial charge is 0.458 e. The first-order valence-electron chi connectivity index (χ1n) is 17.7. The summed E-state index contributed by atoms with van der Waals surface area (Å²) in [4.78, 5) is 18.1. The van der Waals surface area contributed by atoms with Gasteiger partial charge in [0.05, 0.1) is 23.2 Å². The van der Waals surface area contributed by atoms with E-state index in [-0.39, 0.29) is 17.5 Å². The molecule has 0 saturated heterocycles. The number of hydrogen-bond donors (Lipinski definition) is 2. The topological polar surface area (TPSA) is 106 Å². The first kappa shape index (κ1) is 32.9. The SMILES string of the molecule is C=C1C(=CC=C2CCC[C@]3(C)[C@@H]([C@H](C)CC[C@@H](OC(=O)c4ccccc4)C4(c5nc(CCC)no5)CC4)CC[C@@H]23)C[C@@H](O)C[C@@H]1O. The lowest BCUT2D eigenvalue weighted by Gasteiger charge is -2.44. The molecule has 1 heterocycles. The fourth-order valence-corrected chi connectivity index (χ4v) is 9.10. The summed E-state index contributed by atoms with van der Waals surface area (Å²) in [6.45, 7) is 11.1. The monoisotopic (exact) mass is 628 g/mol. The van der Waals surface area contributed by atoms with Gasteiger partial charge in [-0.3, -0.25) is 0 Å². The third-order valence-corrected chi connectivity index (χ3v) is 11.9. The molecule has 4 saturated carbocycles. The van der Waals surface area contributed by atoms with Crippen LogP contribution in [0.4, 0.5) is 0 Å². The maximum atomic E-state index is 13.3. The van der Waals surface area contributed by atoms with Crippen molar-refractivity contribution < 1.29 is 24.3 Å². The summed E-state index contributed by atoms with van der Waals surface area (Å²) < 4.78 is 12.1. The second-order valence-electron chi connectivity index (χ2n) is 14.9. The zero-order valence-corrected chi connectivity index (χ0v) is 27.9. The fraction of sp³-hybridized carbons (Fsp3) is 0.615. The van der Waals surface area contributed by atoms with Gasteiger partial charge in [-0.15, -0.1) is 0 Å². The van der Waals surface area contributed by atoms with Gasteiger partial charge in [-0.05, 0) is 117 Å². The van der Waals surface area contributed by atoms with Crippen molar-refractivity contribution in [3.05, 3.63) is 83.1 Å². The van der Waals surface area contributed by atoms with E-state index in [1.807, 2.05) is 30.3 Å². The molecule has 0 unspecified atom stereocenters. The Balaban J connectivity index is 1.17. The molecule has 0 bridgehead atoms. The van der Waals surface area contributed by atoms with Crippen molar-refractivity contribution in [1.82, 2.24) is 10.1 Å². The first-order valence-corrected chi connectivity index (χ1v) is 17.7. The highest BCUT2D eigenvalue weighted by Crippen LogP contribution is 2.60. The number of ether oxygens (including phenoxy) is 1. The van der Waals surface area contributed by atoms with Crippen molar-refractivity contribution in [2.24, 2.45) is 23.2 Å². The molecule has 46 heavy (non-hydrogen) atoms. The Morgan fingerprint density at radius 1 is 1.15 bits per heavy atom. The molecule has 7 atom stereocenters. The van der Waals surface area contributed by atoms with Crippen molar-refractivity contribution in [2.45, 2.75) is 128 Å². The van der Waals surface area contributed by atoms with Gasteiger partial charge in [-0.1, -0.05) is 68.4 Å². The molecular weight excluding hydrogens is 576 g/mol. The molecular formula is C39H52N2O5. The molecule has 4 aliphatic rings. The Morgan fingerprint density at radius 3 is 2.67 bits per heavy atom. The Hall–Kier alpha value is -3.03. The van der Waals surface area contributed by atoms with Crippen molar-refractivity contribution in [3.8, 4) is 0 Å². The Bertz CT molecular complexity index is 1460. The minimum atomic E-state index is -0.662. The van der Waals surface area contributed by atoms with Crippen LogP contribution in [0, 0.1) is 23.2 Å². The predicted octanol–water partition coefficient (Wildman–Crippen LogP) is 7.84. The average Bonchev–Trinajstić information content (AvgIpc) is 3.57. The molecule has 0 spiro atoms. The second kappa shape index (κ2) is 13.6. The quantitative estimate of drug-likeness (QED) is 0.244. The van der Waals surface area contributed by atoms with Gasteiger partial charge >= 0.3 is 5.97 Å². The van der Waals surface area contributed by atoms with Crippen molar-refractivity contribution in [2.75, 3.05) is 0 Å². The number of aliphatic hydroxyl groups is 2. The minimum Gasteiger partial charge on any atom is -0.458 e. The molecule has 4 fully saturated rings. The van der Waals surface area contributed by atoms with Gasteiger partial charge in [0, 0.05) is 12.8 Å². The van der Waals surface area contributed by atoms with E-state index in [4.69, 9.17) is 14.2 Å². The molecule has 248 valence electrons. The number of allylic oxidation sites excluding steroid dienone is 3. The number of benzene rings is 1. The van der Waals surface area contributed by atoms with E-state index in [2.05, 4.69) is 44.7 Å². The highest BCUT2D eigenvalue weighted by atomic mass is 16.5. The van der Waals surface area contributed by atoms with E-state index < -0.39 is 17.6 Å². The fourth-order valence-electron chi connectivity index (χ4n) is 9.10. The van der Waals surface area contributed by atoms with Crippen LogP contribution in [0.3, 0.4) is 0 Å². The predicted molar refractivity (Wildman–Crippen MR) is 178 cm³/mol. The van der Waals surface area contributed by atoms with E-state index in [1.165, 1.54) is 31.3 Å². The summed E-state index contributed by atoms with van der Waals surface area (Å²) in [5, 5.41) is 24.8. The molecule has 0 radical (unpaired) electrons. The van der Waals surface area contributed by atoms with Gasteiger partial charge in [0.2, 0.25) is 5.89 Å². The van der Waals surface area contributed by atoms with Crippen LogP contribution in [-0.2, 0) is 16.6 Å². The number of nitrogens with zero attached hydrogens (tertiary/aromatic N) is 2. The molecule has 2 aromatic rings. The van der Waals surface area contributed by atoms with Gasteiger partial charge in [0.25, 0.3) is 0 Å². The van der Waals surface area contributed by atoms with Gasteiger partial charge in [-0.25, -0.2) is 4.79 Å². The second-order valence-corrected chi connectivity index (χ2v) is 14.9. The molecule has 1 aromatic carbocycles. The Morgan fingerprint density at radius 2 is 1.93 bits per heavy atom. The Kier molecular flexibility index (Phi) is 9.73. The first-order chi connectivity index (χ1) is 22.1. The molecule has 7 heteroatoms. The molecule has 4 aliphatic carbocycles. The number of aromatic nitrogens is 2. The highest BCUT2D eigenvalue weighted by molar-refractivity contribution is 5.89.